The van der Waals surface area contributed by atoms with Crippen LogP contribution in [0.25, 0.3) is 0 Å². The van der Waals surface area contributed by atoms with E-state index in [1.54, 1.807) is 30.1 Å². The minimum absolute atomic E-state index is 0.139. The number of methoxy groups -OCH3 is 1. The first-order chi connectivity index (χ1) is 9.13. The van der Waals surface area contributed by atoms with Crippen molar-refractivity contribution in [1.29, 1.82) is 0 Å². The second kappa shape index (κ2) is 5.76. The molecule has 0 heterocycles. The quantitative estimate of drug-likeness (QED) is 0.856. The lowest BCUT2D eigenvalue weighted by atomic mass is 10.1. The van der Waals surface area contributed by atoms with Gasteiger partial charge >= 0.3 is 0 Å². The average molecular weight is 276 g/mol. The maximum Gasteiger partial charge on any atom is 0.261 e. The standard InChI is InChI=1S/C15H14ClNO2/c1-17(12-6-4-3-5-7-12)15(18)13-9-8-11(16)10-14(13)19-2/h3-10H,1-2H3. The zero-order valence-corrected chi connectivity index (χ0v) is 11.5. The maximum atomic E-state index is 12.4. The molecule has 0 atom stereocenters. The van der Waals surface area contributed by atoms with Gasteiger partial charge in [0.25, 0.3) is 5.91 Å². The molecule has 0 aliphatic rings. The summed E-state index contributed by atoms with van der Waals surface area (Å²) in [5.41, 5.74) is 1.31. The van der Waals surface area contributed by atoms with Crippen molar-refractivity contribution in [3.8, 4) is 5.75 Å². The third kappa shape index (κ3) is 2.88. The van der Waals surface area contributed by atoms with Gasteiger partial charge in [0, 0.05) is 17.8 Å². The lowest BCUT2D eigenvalue weighted by molar-refractivity contribution is 0.0990. The Hall–Kier alpha value is -2.00. The first-order valence-corrected chi connectivity index (χ1v) is 6.18. The summed E-state index contributed by atoms with van der Waals surface area (Å²) < 4.78 is 5.20. The molecule has 0 aromatic heterocycles. The van der Waals surface area contributed by atoms with Crippen molar-refractivity contribution in [1.82, 2.24) is 0 Å². The highest BCUT2D eigenvalue weighted by Gasteiger charge is 2.17. The van der Waals surface area contributed by atoms with Crippen LogP contribution in [-0.2, 0) is 0 Å². The van der Waals surface area contributed by atoms with Crippen LogP contribution >= 0.6 is 11.6 Å². The predicted molar refractivity (Wildman–Crippen MR) is 77.2 cm³/mol. The Morgan fingerprint density at radius 1 is 1.16 bits per heavy atom. The van der Waals surface area contributed by atoms with Gasteiger partial charge in [-0.15, -0.1) is 0 Å². The van der Waals surface area contributed by atoms with Gasteiger partial charge in [-0.2, -0.15) is 0 Å². The van der Waals surface area contributed by atoms with Crippen LogP contribution in [0.2, 0.25) is 5.02 Å². The number of para-hydroxylation sites is 1. The summed E-state index contributed by atoms with van der Waals surface area (Å²) in [4.78, 5) is 14.0. The van der Waals surface area contributed by atoms with Crippen LogP contribution in [-0.4, -0.2) is 20.1 Å². The van der Waals surface area contributed by atoms with E-state index in [2.05, 4.69) is 0 Å². The van der Waals surface area contributed by atoms with Crippen molar-refractivity contribution in [2.75, 3.05) is 19.1 Å². The summed E-state index contributed by atoms with van der Waals surface area (Å²) in [6, 6.07) is 14.4. The molecule has 4 heteroatoms. The molecule has 1 amide bonds. The number of hydrogen-bond acceptors (Lipinski definition) is 2. The van der Waals surface area contributed by atoms with Gasteiger partial charge in [0.2, 0.25) is 0 Å². The topological polar surface area (TPSA) is 29.5 Å². The van der Waals surface area contributed by atoms with Crippen LogP contribution in [0, 0.1) is 0 Å². The van der Waals surface area contributed by atoms with Crippen molar-refractivity contribution < 1.29 is 9.53 Å². The Morgan fingerprint density at radius 3 is 2.47 bits per heavy atom. The van der Waals surface area contributed by atoms with Gasteiger partial charge in [-0.3, -0.25) is 4.79 Å². The molecule has 0 fully saturated rings. The first kappa shape index (κ1) is 13.4. The smallest absolute Gasteiger partial charge is 0.261 e. The van der Waals surface area contributed by atoms with Crippen molar-refractivity contribution in [2.24, 2.45) is 0 Å². The third-order valence-corrected chi connectivity index (χ3v) is 3.08. The molecule has 0 radical (unpaired) electrons. The molecule has 0 bridgehead atoms. The Bertz CT molecular complexity index is 584. The van der Waals surface area contributed by atoms with Crippen LogP contribution < -0.4 is 9.64 Å². The Kier molecular flexibility index (Phi) is 4.07. The Morgan fingerprint density at radius 2 is 1.84 bits per heavy atom. The molecule has 0 saturated carbocycles. The summed E-state index contributed by atoms with van der Waals surface area (Å²) in [6.07, 6.45) is 0. The number of amides is 1. The summed E-state index contributed by atoms with van der Waals surface area (Å²) in [7, 11) is 3.25. The molecule has 2 rings (SSSR count). The van der Waals surface area contributed by atoms with Gasteiger partial charge < -0.3 is 9.64 Å². The lowest BCUT2D eigenvalue weighted by Crippen LogP contribution is -2.26. The number of carbonyl (C=O) groups excluding carboxylic acids is 1. The van der Waals surface area contributed by atoms with Gasteiger partial charge in [-0.1, -0.05) is 29.8 Å². The number of halogens is 1. The molecule has 0 unspecified atom stereocenters. The molecule has 19 heavy (non-hydrogen) atoms. The van der Waals surface area contributed by atoms with E-state index in [0.29, 0.717) is 16.3 Å². The summed E-state index contributed by atoms with van der Waals surface area (Å²) in [5, 5.41) is 0.538. The number of benzene rings is 2. The normalized spacial score (nSPS) is 10.1. The van der Waals surface area contributed by atoms with Gasteiger partial charge in [0.15, 0.2) is 0 Å². The number of anilines is 1. The second-order valence-corrected chi connectivity index (χ2v) is 4.48. The molecule has 98 valence electrons. The average Bonchev–Trinajstić information content (AvgIpc) is 2.46. The Balaban J connectivity index is 2.34. The van der Waals surface area contributed by atoms with Crippen molar-refractivity contribution >= 4 is 23.2 Å². The molecule has 0 aliphatic carbocycles. The number of nitrogens with zero attached hydrogens (tertiary/aromatic N) is 1. The highest BCUT2D eigenvalue weighted by Crippen LogP contribution is 2.25. The highest BCUT2D eigenvalue weighted by molar-refractivity contribution is 6.31. The van der Waals surface area contributed by atoms with E-state index in [9.17, 15) is 4.79 Å². The van der Waals surface area contributed by atoms with Crippen LogP contribution in [0.5, 0.6) is 5.75 Å². The van der Waals surface area contributed by atoms with E-state index in [1.165, 1.54) is 7.11 Å². The van der Waals surface area contributed by atoms with E-state index in [0.717, 1.165) is 5.69 Å². The molecule has 2 aromatic rings. The van der Waals surface area contributed by atoms with E-state index >= 15 is 0 Å². The van der Waals surface area contributed by atoms with Gasteiger partial charge in [-0.25, -0.2) is 0 Å². The first-order valence-electron chi connectivity index (χ1n) is 5.80. The minimum atomic E-state index is -0.139. The molecule has 0 N–H and O–H groups in total. The van der Waals surface area contributed by atoms with Crippen molar-refractivity contribution in [2.45, 2.75) is 0 Å². The van der Waals surface area contributed by atoms with Crippen LogP contribution in [0.15, 0.2) is 48.5 Å². The summed E-state index contributed by atoms with van der Waals surface area (Å²) in [5.74, 6) is 0.333. The van der Waals surface area contributed by atoms with E-state index in [-0.39, 0.29) is 5.91 Å². The van der Waals surface area contributed by atoms with Gasteiger partial charge in [0.1, 0.15) is 5.75 Å². The fourth-order valence-electron chi connectivity index (χ4n) is 1.79. The second-order valence-electron chi connectivity index (χ2n) is 4.04. The molecule has 2 aromatic carbocycles. The van der Waals surface area contributed by atoms with E-state index in [4.69, 9.17) is 16.3 Å². The maximum absolute atomic E-state index is 12.4. The third-order valence-electron chi connectivity index (χ3n) is 2.84. The number of ether oxygens (including phenoxy) is 1. The van der Waals surface area contributed by atoms with Crippen molar-refractivity contribution in [3.05, 3.63) is 59.1 Å². The molecule has 0 spiro atoms. The zero-order valence-electron chi connectivity index (χ0n) is 10.8. The number of carbonyl (C=O) groups is 1. The SMILES string of the molecule is COc1cc(Cl)ccc1C(=O)N(C)c1ccccc1. The molecular weight excluding hydrogens is 262 g/mol. The monoisotopic (exact) mass is 275 g/mol. The highest BCUT2D eigenvalue weighted by atomic mass is 35.5. The molecule has 0 aliphatic heterocycles. The number of hydrogen-bond donors (Lipinski definition) is 0. The molecular formula is C15H14ClNO2. The van der Waals surface area contributed by atoms with Crippen LogP contribution in [0.3, 0.4) is 0 Å². The lowest BCUT2D eigenvalue weighted by Gasteiger charge is -2.18. The van der Waals surface area contributed by atoms with Gasteiger partial charge in [0.05, 0.1) is 12.7 Å². The van der Waals surface area contributed by atoms with Crippen LogP contribution in [0.1, 0.15) is 10.4 Å². The van der Waals surface area contributed by atoms with E-state index in [1.807, 2.05) is 30.3 Å². The van der Waals surface area contributed by atoms with Gasteiger partial charge in [-0.05, 0) is 30.3 Å². The zero-order chi connectivity index (χ0) is 13.8. The summed E-state index contributed by atoms with van der Waals surface area (Å²) >= 11 is 5.89. The minimum Gasteiger partial charge on any atom is -0.496 e. The fourth-order valence-corrected chi connectivity index (χ4v) is 1.95. The Labute approximate surface area is 117 Å². The number of rotatable bonds is 3. The largest absolute Gasteiger partial charge is 0.496 e. The fraction of sp³-hybridized carbons (Fsp3) is 0.133. The van der Waals surface area contributed by atoms with Crippen molar-refractivity contribution in [3.63, 3.8) is 0 Å². The molecule has 0 saturated heterocycles. The molecule has 3 nitrogen and oxygen atoms in total. The predicted octanol–water partition coefficient (Wildman–Crippen LogP) is 3.63. The summed E-state index contributed by atoms with van der Waals surface area (Å²) in [6.45, 7) is 0. The van der Waals surface area contributed by atoms with Crippen LogP contribution in [0.4, 0.5) is 5.69 Å². The van der Waals surface area contributed by atoms with E-state index < -0.39 is 0 Å².